The van der Waals surface area contributed by atoms with Gasteiger partial charge in [0, 0.05) is 23.5 Å². The third-order valence-corrected chi connectivity index (χ3v) is 2.98. The van der Waals surface area contributed by atoms with Gasteiger partial charge in [-0.3, -0.25) is 4.98 Å². The molecule has 1 aromatic carbocycles. The Kier molecular flexibility index (Phi) is 2.57. The molecule has 4 nitrogen and oxygen atoms in total. The lowest BCUT2D eigenvalue weighted by atomic mass is 10.1. The van der Waals surface area contributed by atoms with E-state index < -0.39 is 0 Å². The molecular formula is C14H14N4. The van der Waals surface area contributed by atoms with E-state index in [2.05, 4.69) is 22.1 Å². The molecule has 4 heteroatoms. The SMILES string of the molecule is Cc1cc(-n2ccnc2CN)c2ccccc2n1. The summed E-state index contributed by atoms with van der Waals surface area (Å²) in [4.78, 5) is 8.80. The number of hydrogen-bond donors (Lipinski definition) is 1. The van der Waals surface area contributed by atoms with Gasteiger partial charge in [-0.15, -0.1) is 0 Å². The Morgan fingerprint density at radius 2 is 2.11 bits per heavy atom. The molecule has 2 heterocycles. The van der Waals surface area contributed by atoms with Gasteiger partial charge in [0.15, 0.2) is 0 Å². The second-order valence-electron chi connectivity index (χ2n) is 4.22. The van der Waals surface area contributed by atoms with E-state index in [1.807, 2.05) is 35.9 Å². The molecule has 0 bridgehead atoms. The normalized spacial score (nSPS) is 11.0. The number of nitrogens with two attached hydrogens (primary N) is 1. The highest BCUT2D eigenvalue weighted by atomic mass is 15.1. The maximum absolute atomic E-state index is 5.72. The monoisotopic (exact) mass is 238 g/mol. The number of para-hydroxylation sites is 1. The van der Waals surface area contributed by atoms with Crippen LogP contribution in [0.4, 0.5) is 0 Å². The number of nitrogens with zero attached hydrogens (tertiary/aromatic N) is 3. The first kappa shape index (κ1) is 10.9. The molecule has 0 aliphatic rings. The van der Waals surface area contributed by atoms with Crippen molar-refractivity contribution < 1.29 is 0 Å². The highest BCUT2D eigenvalue weighted by Crippen LogP contribution is 2.22. The molecule has 2 aromatic heterocycles. The fraction of sp³-hybridized carbons (Fsp3) is 0.143. The van der Waals surface area contributed by atoms with Crippen LogP contribution < -0.4 is 5.73 Å². The van der Waals surface area contributed by atoms with E-state index in [0.717, 1.165) is 28.1 Å². The molecule has 3 aromatic rings. The summed E-state index contributed by atoms with van der Waals surface area (Å²) in [7, 11) is 0. The van der Waals surface area contributed by atoms with E-state index >= 15 is 0 Å². The van der Waals surface area contributed by atoms with E-state index in [0.29, 0.717) is 6.54 Å². The number of rotatable bonds is 2. The first-order valence-corrected chi connectivity index (χ1v) is 5.88. The molecule has 0 unspecified atom stereocenters. The van der Waals surface area contributed by atoms with Gasteiger partial charge in [-0.25, -0.2) is 4.98 Å². The Morgan fingerprint density at radius 1 is 1.28 bits per heavy atom. The Hall–Kier alpha value is -2.20. The topological polar surface area (TPSA) is 56.7 Å². The molecule has 3 rings (SSSR count). The Morgan fingerprint density at radius 3 is 2.94 bits per heavy atom. The van der Waals surface area contributed by atoms with Crippen molar-refractivity contribution in [2.75, 3.05) is 0 Å². The Balaban J connectivity index is 2.34. The van der Waals surface area contributed by atoms with E-state index in [4.69, 9.17) is 5.73 Å². The molecule has 0 aliphatic heterocycles. The van der Waals surface area contributed by atoms with Crippen LogP contribution in [0, 0.1) is 6.92 Å². The first-order chi connectivity index (χ1) is 8.79. The van der Waals surface area contributed by atoms with Crippen LogP contribution in [0.25, 0.3) is 16.6 Å². The Bertz CT molecular complexity index is 700. The van der Waals surface area contributed by atoms with Crippen LogP contribution in [0.15, 0.2) is 42.7 Å². The van der Waals surface area contributed by atoms with Crippen molar-refractivity contribution in [1.82, 2.24) is 14.5 Å². The van der Waals surface area contributed by atoms with Crippen LogP contribution in [0.3, 0.4) is 0 Å². The van der Waals surface area contributed by atoms with E-state index in [9.17, 15) is 0 Å². The maximum Gasteiger partial charge on any atom is 0.127 e. The predicted molar refractivity (Wildman–Crippen MR) is 71.5 cm³/mol. The van der Waals surface area contributed by atoms with Gasteiger partial charge in [-0.05, 0) is 19.1 Å². The van der Waals surface area contributed by atoms with Crippen LogP contribution >= 0.6 is 0 Å². The lowest BCUT2D eigenvalue weighted by molar-refractivity contribution is 0.870. The summed E-state index contributed by atoms with van der Waals surface area (Å²) in [5.41, 5.74) is 8.77. The van der Waals surface area contributed by atoms with Gasteiger partial charge < -0.3 is 10.3 Å². The molecule has 2 N–H and O–H groups in total. The molecule has 18 heavy (non-hydrogen) atoms. The van der Waals surface area contributed by atoms with Crippen LogP contribution in [0.5, 0.6) is 0 Å². The smallest absolute Gasteiger partial charge is 0.127 e. The number of imidazole rings is 1. The molecule has 0 atom stereocenters. The van der Waals surface area contributed by atoms with Crippen molar-refractivity contribution >= 4 is 10.9 Å². The summed E-state index contributed by atoms with van der Waals surface area (Å²) < 4.78 is 2.02. The molecule has 90 valence electrons. The lowest BCUT2D eigenvalue weighted by Gasteiger charge is -2.11. The molecule has 0 aliphatic carbocycles. The minimum atomic E-state index is 0.419. The number of hydrogen-bond acceptors (Lipinski definition) is 3. The lowest BCUT2D eigenvalue weighted by Crippen LogP contribution is -2.07. The zero-order chi connectivity index (χ0) is 12.5. The van der Waals surface area contributed by atoms with E-state index in [1.54, 1.807) is 6.20 Å². The summed E-state index contributed by atoms with van der Waals surface area (Å²) in [5, 5.41) is 1.11. The molecular weight excluding hydrogens is 224 g/mol. The summed E-state index contributed by atoms with van der Waals surface area (Å²) in [5.74, 6) is 0.853. The first-order valence-electron chi connectivity index (χ1n) is 5.88. The second kappa shape index (κ2) is 4.23. The number of fused-ring (bicyclic) bond motifs is 1. The van der Waals surface area contributed by atoms with Crippen LogP contribution in [0.2, 0.25) is 0 Å². The van der Waals surface area contributed by atoms with Crippen molar-refractivity contribution in [3.05, 3.63) is 54.2 Å². The number of pyridine rings is 1. The Labute approximate surface area is 105 Å². The van der Waals surface area contributed by atoms with Crippen molar-refractivity contribution in [2.24, 2.45) is 5.73 Å². The number of aromatic nitrogens is 3. The van der Waals surface area contributed by atoms with Crippen LogP contribution in [-0.2, 0) is 6.54 Å². The molecule has 0 fully saturated rings. The quantitative estimate of drug-likeness (QED) is 0.744. The van der Waals surface area contributed by atoms with Crippen molar-refractivity contribution in [3.8, 4) is 5.69 Å². The van der Waals surface area contributed by atoms with Gasteiger partial charge >= 0.3 is 0 Å². The van der Waals surface area contributed by atoms with E-state index in [-0.39, 0.29) is 0 Å². The molecule has 0 saturated heterocycles. The predicted octanol–water partition coefficient (Wildman–Crippen LogP) is 2.19. The summed E-state index contributed by atoms with van der Waals surface area (Å²) in [6.45, 7) is 2.41. The molecule has 0 radical (unpaired) electrons. The second-order valence-corrected chi connectivity index (χ2v) is 4.22. The van der Waals surface area contributed by atoms with Gasteiger partial charge in [0.25, 0.3) is 0 Å². The van der Waals surface area contributed by atoms with Gasteiger partial charge in [0.1, 0.15) is 5.82 Å². The fourth-order valence-electron chi connectivity index (χ4n) is 2.19. The minimum absolute atomic E-state index is 0.419. The van der Waals surface area contributed by atoms with Gasteiger partial charge in [-0.2, -0.15) is 0 Å². The third-order valence-electron chi connectivity index (χ3n) is 2.98. The number of benzene rings is 1. The van der Waals surface area contributed by atoms with Crippen molar-refractivity contribution in [2.45, 2.75) is 13.5 Å². The molecule has 0 saturated carbocycles. The van der Waals surface area contributed by atoms with Crippen LogP contribution in [-0.4, -0.2) is 14.5 Å². The van der Waals surface area contributed by atoms with Crippen LogP contribution in [0.1, 0.15) is 11.5 Å². The zero-order valence-electron chi connectivity index (χ0n) is 10.2. The highest BCUT2D eigenvalue weighted by Gasteiger charge is 2.08. The summed E-state index contributed by atoms with van der Waals surface area (Å²) in [6, 6.07) is 10.2. The average Bonchev–Trinajstić information content (AvgIpc) is 2.85. The maximum atomic E-state index is 5.72. The van der Waals surface area contributed by atoms with E-state index in [1.165, 1.54) is 0 Å². The van der Waals surface area contributed by atoms with Gasteiger partial charge in [-0.1, -0.05) is 18.2 Å². The highest BCUT2D eigenvalue weighted by molar-refractivity contribution is 5.87. The number of aryl methyl sites for hydroxylation is 1. The average molecular weight is 238 g/mol. The largest absolute Gasteiger partial charge is 0.324 e. The summed E-state index contributed by atoms with van der Waals surface area (Å²) >= 11 is 0. The molecule has 0 amide bonds. The van der Waals surface area contributed by atoms with Crippen molar-refractivity contribution in [3.63, 3.8) is 0 Å². The van der Waals surface area contributed by atoms with Crippen molar-refractivity contribution in [1.29, 1.82) is 0 Å². The fourth-order valence-corrected chi connectivity index (χ4v) is 2.19. The summed E-state index contributed by atoms with van der Waals surface area (Å²) in [6.07, 6.45) is 3.70. The van der Waals surface area contributed by atoms with Gasteiger partial charge in [0.2, 0.25) is 0 Å². The third kappa shape index (κ3) is 1.67. The minimum Gasteiger partial charge on any atom is -0.324 e. The standard InChI is InChI=1S/C14H14N4/c1-10-8-13(18-7-6-16-14(18)9-15)11-4-2-3-5-12(11)17-10/h2-8H,9,15H2,1H3. The molecule has 0 spiro atoms. The van der Waals surface area contributed by atoms with Gasteiger partial charge in [0.05, 0.1) is 17.7 Å². The zero-order valence-corrected chi connectivity index (χ0v) is 10.2.